The molecule has 1 fully saturated rings. The molecule has 1 aromatic rings. The Kier molecular flexibility index (Phi) is 5.86. The molecule has 2 rings (SSSR count). The highest BCUT2D eigenvalue weighted by Crippen LogP contribution is 2.23. The van der Waals surface area contributed by atoms with Gasteiger partial charge in [0, 0.05) is 17.5 Å². The summed E-state index contributed by atoms with van der Waals surface area (Å²) in [4.78, 5) is 12.1. The Morgan fingerprint density at radius 3 is 2.40 bits per heavy atom. The van der Waals surface area contributed by atoms with Crippen molar-refractivity contribution < 1.29 is 9.90 Å². The Hall–Kier alpha value is -1.06. The highest BCUT2D eigenvalue weighted by atomic mass is 35.5. The third kappa shape index (κ3) is 4.50. The molecule has 1 aliphatic carbocycles. The summed E-state index contributed by atoms with van der Waals surface area (Å²) in [7, 11) is 0. The molecule has 1 unspecified atom stereocenters. The van der Waals surface area contributed by atoms with Crippen LogP contribution in [0.15, 0.2) is 24.3 Å². The number of aliphatic hydroxyl groups is 1. The molecule has 0 bridgehead atoms. The topological polar surface area (TPSA) is 49.3 Å². The molecule has 4 heteroatoms. The molecular formula is C16H22ClNO2. The van der Waals surface area contributed by atoms with Crippen LogP contribution in [0.1, 0.15) is 50.2 Å². The molecule has 1 amide bonds. The number of hydrogen-bond donors (Lipinski definition) is 2. The normalized spacial score (nSPS) is 18.3. The lowest BCUT2D eigenvalue weighted by molar-refractivity contribution is -0.125. The first kappa shape index (κ1) is 15.3. The quantitative estimate of drug-likeness (QED) is 0.836. The Balaban J connectivity index is 1.81. The molecule has 110 valence electrons. The van der Waals surface area contributed by atoms with Crippen molar-refractivity contribution in [3.05, 3.63) is 34.9 Å². The summed E-state index contributed by atoms with van der Waals surface area (Å²) in [6.07, 6.45) is 6.01. The zero-order valence-electron chi connectivity index (χ0n) is 11.6. The summed E-state index contributed by atoms with van der Waals surface area (Å²) in [5.41, 5.74) is 0.774. The summed E-state index contributed by atoms with van der Waals surface area (Å²) >= 11 is 5.81. The number of amides is 1. The van der Waals surface area contributed by atoms with Crippen LogP contribution in [0.3, 0.4) is 0 Å². The Bertz CT molecular complexity index is 425. The monoisotopic (exact) mass is 295 g/mol. The zero-order valence-corrected chi connectivity index (χ0v) is 12.4. The maximum Gasteiger partial charge on any atom is 0.223 e. The fraction of sp³-hybridized carbons (Fsp3) is 0.562. The van der Waals surface area contributed by atoms with E-state index in [0.717, 1.165) is 31.2 Å². The van der Waals surface area contributed by atoms with Gasteiger partial charge in [-0.2, -0.15) is 0 Å². The van der Waals surface area contributed by atoms with Crippen molar-refractivity contribution in [3.8, 4) is 0 Å². The number of carbonyl (C=O) groups excluding carboxylic acids is 1. The second kappa shape index (κ2) is 7.65. The third-order valence-electron chi connectivity index (χ3n) is 3.95. The standard InChI is InChI=1S/C16H22ClNO2/c17-14-9-7-12(8-10-14)15(19)11-18-16(20)13-5-3-1-2-4-6-13/h7-10,13,15,19H,1-6,11H2,(H,18,20). The average molecular weight is 296 g/mol. The van der Waals surface area contributed by atoms with E-state index in [0.29, 0.717) is 5.02 Å². The number of nitrogens with one attached hydrogen (secondary N) is 1. The lowest BCUT2D eigenvalue weighted by Crippen LogP contribution is -2.33. The van der Waals surface area contributed by atoms with E-state index in [1.807, 2.05) is 0 Å². The van der Waals surface area contributed by atoms with Gasteiger partial charge < -0.3 is 10.4 Å². The van der Waals surface area contributed by atoms with Crippen LogP contribution in [0.4, 0.5) is 0 Å². The molecule has 3 nitrogen and oxygen atoms in total. The van der Waals surface area contributed by atoms with Crippen LogP contribution in [0.2, 0.25) is 5.02 Å². The van der Waals surface area contributed by atoms with Crippen molar-refractivity contribution in [3.63, 3.8) is 0 Å². The van der Waals surface area contributed by atoms with E-state index >= 15 is 0 Å². The van der Waals surface area contributed by atoms with Gasteiger partial charge in [-0.15, -0.1) is 0 Å². The number of rotatable bonds is 4. The number of aliphatic hydroxyl groups excluding tert-OH is 1. The van der Waals surface area contributed by atoms with Crippen LogP contribution in [-0.4, -0.2) is 17.6 Å². The van der Waals surface area contributed by atoms with E-state index in [-0.39, 0.29) is 18.4 Å². The van der Waals surface area contributed by atoms with Gasteiger partial charge in [0.1, 0.15) is 0 Å². The van der Waals surface area contributed by atoms with Gasteiger partial charge in [-0.3, -0.25) is 4.79 Å². The molecule has 0 radical (unpaired) electrons. The van der Waals surface area contributed by atoms with E-state index < -0.39 is 6.10 Å². The highest BCUT2D eigenvalue weighted by molar-refractivity contribution is 6.30. The summed E-state index contributed by atoms with van der Waals surface area (Å²) in [6.45, 7) is 0.261. The van der Waals surface area contributed by atoms with Gasteiger partial charge in [-0.25, -0.2) is 0 Å². The zero-order chi connectivity index (χ0) is 14.4. The first-order chi connectivity index (χ1) is 9.66. The van der Waals surface area contributed by atoms with Gasteiger partial charge in [-0.05, 0) is 30.5 Å². The Labute approximate surface area is 125 Å². The molecule has 0 spiro atoms. The molecule has 1 aromatic carbocycles. The van der Waals surface area contributed by atoms with Crippen LogP contribution in [0.25, 0.3) is 0 Å². The minimum absolute atomic E-state index is 0.0833. The molecular weight excluding hydrogens is 274 g/mol. The van der Waals surface area contributed by atoms with Gasteiger partial charge in [0.05, 0.1) is 6.10 Å². The minimum Gasteiger partial charge on any atom is -0.387 e. The van der Waals surface area contributed by atoms with Gasteiger partial charge in [0.2, 0.25) is 5.91 Å². The second-order valence-electron chi connectivity index (χ2n) is 5.50. The molecule has 0 heterocycles. The summed E-state index contributed by atoms with van der Waals surface area (Å²) in [6, 6.07) is 7.05. The van der Waals surface area contributed by atoms with Crippen LogP contribution < -0.4 is 5.32 Å². The fourth-order valence-corrected chi connectivity index (χ4v) is 2.81. The third-order valence-corrected chi connectivity index (χ3v) is 4.20. The van der Waals surface area contributed by atoms with E-state index in [2.05, 4.69) is 5.32 Å². The molecule has 1 aliphatic rings. The number of carbonyl (C=O) groups is 1. The van der Waals surface area contributed by atoms with Gasteiger partial charge in [0.25, 0.3) is 0 Å². The van der Waals surface area contributed by atoms with Crippen LogP contribution in [-0.2, 0) is 4.79 Å². The summed E-state index contributed by atoms with van der Waals surface area (Å²) in [5, 5.41) is 13.6. The van der Waals surface area contributed by atoms with E-state index in [9.17, 15) is 9.90 Å². The number of hydrogen-bond acceptors (Lipinski definition) is 2. The second-order valence-corrected chi connectivity index (χ2v) is 5.94. The van der Waals surface area contributed by atoms with E-state index in [1.54, 1.807) is 24.3 Å². The van der Waals surface area contributed by atoms with Crippen molar-refractivity contribution in [2.45, 2.75) is 44.6 Å². The number of halogens is 1. The first-order valence-corrected chi connectivity index (χ1v) is 7.76. The summed E-state index contributed by atoms with van der Waals surface area (Å²) < 4.78 is 0. The van der Waals surface area contributed by atoms with Crippen molar-refractivity contribution in [1.29, 1.82) is 0 Å². The van der Waals surface area contributed by atoms with Crippen molar-refractivity contribution in [1.82, 2.24) is 5.32 Å². The predicted octanol–water partition coefficient (Wildman–Crippen LogP) is 3.46. The van der Waals surface area contributed by atoms with Crippen molar-refractivity contribution in [2.24, 2.45) is 5.92 Å². The van der Waals surface area contributed by atoms with Crippen molar-refractivity contribution in [2.75, 3.05) is 6.54 Å². The SMILES string of the molecule is O=C(NCC(O)c1ccc(Cl)cc1)C1CCCCCC1. The molecule has 0 saturated heterocycles. The summed E-state index contributed by atoms with van der Waals surface area (Å²) in [5.74, 6) is 0.204. The molecule has 20 heavy (non-hydrogen) atoms. The molecule has 2 N–H and O–H groups in total. The molecule has 1 saturated carbocycles. The lowest BCUT2D eigenvalue weighted by atomic mass is 9.99. The van der Waals surface area contributed by atoms with E-state index in [4.69, 9.17) is 11.6 Å². The van der Waals surface area contributed by atoms with Gasteiger partial charge in [0.15, 0.2) is 0 Å². The van der Waals surface area contributed by atoms with Gasteiger partial charge in [-0.1, -0.05) is 49.4 Å². The molecule has 0 aromatic heterocycles. The van der Waals surface area contributed by atoms with E-state index in [1.165, 1.54) is 12.8 Å². The maximum absolute atomic E-state index is 12.1. The highest BCUT2D eigenvalue weighted by Gasteiger charge is 2.20. The van der Waals surface area contributed by atoms with Crippen LogP contribution in [0, 0.1) is 5.92 Å². The Morgan fingerprint density at radius 2 is 1.80 bits per heavy atom. The van der Waals surface area contributed by atoms with Gasteiger partial charge >= 0.3 is 0 Å². The average Bonchev–Trinajstić information content (AvgIpc) is 2.74. The Morgan fingerprint density at radius 1 is 1.20 bits per heavy atom. The van der Waals surface area contributed by atoms with Crippen molar-refractivity contribution >= 4 is 17.5 Å². The maximum atomic E-state index is 12.1. The minimum atomic E-state index is -0.679. The van der Waals surface area contributed by atoms with Crippen LogP contribution in [0.5, 0.6) is 0 Å². The molecule has 0 aliphatic heterocycles. The lowest BCUT2D eigenvalue weighted by Gasteiger charge is -2.17. The van der Waals surface area contributed by atoms with Crippen LogP contribution >= 0.6 is 11.6 Å². The molecule has 1 atom stereocenters. The fourth-order valence-electron chi connectivity index (χ4n) is 2.69. The number of benzene rings is 1. The largest absolute Gasteiger partial charge is 0.387 e. The smallest absolute Gasteiger partial charge is 0.223 e. The predicted molar refractivity (Wildman–Crippen MR) is 80.6 cm³/mol. The first-order valence-electron chi connectivity index (χ1n) is 7.38.